The zero-order valence-corrected chi connectivity index (χ0v) is 22.8. The highest BCUT2D eigenvalue weighted by molar-refractivity contribution is 7.92. The first-order valence-electron chi connectivity index (χ1n) is 12.3. The number of anilines is 4. The van der Waals surface area contributed by atoms with Gasteiger partial charge in [0.2, 0.25) is 11.9 Å². The number of nitrogens with zero attached hydrogens (tertiary/aromatic N) is 3. The van der Waals surface area contributed by atoms with Crippen molar-refractivity contribution in [3.05, 3.63) is 95.7 Å². The van der Waals surface area contributed by atoms with E-state index in [4.69, 9.17) is 0 Å². The quantitative estimate of drug-likeness (QED) is 0.239. The van der Waals surface area contributed by atoms with Gasteiger partial charge in [0.15, 0.2) is 5.65 Å². The Morgan fingerprint density at radius 1 is 0.872 bits per heavy atom. The average Bonchev–Trinajstić information content (AvgIpc) is 3.30. The second-order valence-electron chi connectivity index (χ2n) is 9.41. The minimum atomic E-state index is -3.77. The molecule has 0 saturated carbocycles. The maximum atomic E-state index is 13.1. The number of rotatable bonds is 7. The summed E-state index contributed by atoms with van der Waals surface area (Å²) in [4.78, 5) is 16.1. The molecule has 198 valence electrons. The van der Waals surface area contributed by atoms with Gasteiger partial charge < -0.3 is 10.6 Å². The van der Waals surface area contributed by atoms with Crippen molar-refractivity contribution < 1.29 is 13.2 Å². The highest BCUT2D eigenvalue weighted by Crippen LogP contribution is 2.29. The molecule has 9 nitrogen and oxygen atoms in total. The van der Waals surface area contributed by atoms with Crippen LogP contribution in [0.25, 0.3) is 16.8 Å². The topological polar surface area (TPSA) is 117 Å². The molecule has 0 spiro atoms. The van der Waals surface area contributed by atoms with E-state index in [-0.39, 0.29) is 10.8 Å². The minimum absolute atomic E-state index is 0.136. The Morgan fingerprint density at radius 3 is 2.15 bits per heavy atom. The summed E-state index contributed by atoms with van der Waals surface area (Å²) in [5.74, 6) is 0.269. The molecule has 0 unspecified atom stereocenters. The number of aromatic nitrogens is 3. The molecule has 5 aromatic rings. The van der Waals surface area contributed by atoms with Gasteiger partial charge in [-0.15, -0.1) is 5.10 Å². The highest BCUT2D eigenvalue weighted by atomic mass is 32.2. The second-order valence-corrected chi connectivity index (χ2v) is 11.1. The first-order chi connectivity index (χ1) is 18.6. The number of benzene rings is 3. The number of fused-ring (bicyclic) bond motifs is 1. The Kier molecular flexibility index (Phi) is 6.80. The lowest BCUT2D eigenvalue weighted by Crippen LogP contribution is -2.14. The molecule has 10 heteroatoms. The van der Waals surface area contributed by atoms with Gasteiger partial charge in [0.05, 0.1) is 10.6 Å². The molecule has 3 aromatic carbocycles. The smallest absolute Gasteiger partial charge is 0.261 e. The van der Waals surface area contributed by atoms with Crippen LogP contribution in [0.15, 0.2) is 83.9 Å². The van der Waals surface area contributed by atoms with Crippen molar-refractivity contribution >= 4 is 44.6 Å². The fourth-order valence-corrected chi connectivity index (χ4v) is 5.70. The number of carbonyl (C=O) groups is 1. The lowest BCUT2D eigenvalue weighted by molar-refractivity contribution is -0.114. The first-order valence-corrected chi connectivity index (χ1v) is 13.8. The van der Waals surface area contributed by atoms with Crippen LogP contribution in [0, 0.1) is 20.8 Å². The fourth-order valence-electron chi connectivity index (χ4n) is 4.50. The van der Waals surface area contributed by atoms with Crippen molar-refractivity contribution in [2.75, 3.05) is 15.4 Å². The summed E-state index contributed by atoms with van der Waals surface area (Å²) in [5.41, 5.74) is 7.13. The van der Waals surface area contributed by atoms with E-state index in [1.807, 2.05) is 57.2 Å². The van der Waals surface area contributed by atoms with E-state index in [1.165, 1.54) is 6.92 Å². The van der Waals surface area contributed by atoms with Crippen molar-refractivity contribution in [2.45, 2.75) is 32.6 Å². The van der Waals surface area contributed by atoms with Gasteiger partial charge in [0, 0.05) is 30.1 Å². The van der Waals surface area contributed by atoms with Crippen LogP contribution in [-0.4, -0.2) is 28.9 Å². The predicted octanol–water partition coefficient (Wildman–Crippen LogP) is 5.82. The van der Waals surface area contributed by atoms with Gasteiger partial charge in [0.1, 0.15) is 0 Å². The van der Waals surface area contributed by atoms with Crippen LogP contribution in [0.3, 0.4) is 0 Å². The Hall–Kier alpha value is -4.70. The van der Waals surface area contributed by atoms with Gasteiger partial charge in [-0.25, -0.2) is 12.9 Å². The standard InChI is InChI=1S/C29H28N6O3S/c1-18-16-19(2)27(20(3)17-18)34-39(37,38)25-13-7-22(8-14-25)26-6-5-15-35-28(26)32-29(33-35)31-24-11-9-23(10-12-24)30-21(4)36/h5-17,34H,1-4H3,(H,30,36)(H,31,33). The number of carbonyl (C=O) groups excluding carboxylic acids is 1. The van der Waals surface area contributed by atoms with Gasteiger partial charge >= 0.3 is 0 Å². The molecule has 0 aliphatic carbocycles. The van der Waals surface area contributed by atoms with E-state index in [0.717, 1.165) is 33.5 Å². The molecule has 2 aromatic heterocycles. The monoisotopic (exact) mass is 540 g/mol. The molecule has 1 amide bonds. The van der Waals surface area contributed by atoms with Crippen molar-refractivity contribution in [1.29, 1.82) is 0 Å². The lowest BCUT2D eigenvalue weighted by atomic mass is 10.1. The van der Waals surface area contributed by atoms with Crippen LogP contribution >= 0.6 is 0 Å². The molecule has 39 heavy (non-hydrogen) atoms. The summed E-state index contributed by atoms with van der Waals surface area (Å²) in [6.45, 7) is 7.23. The number of pyridine rings is 1. The molecular formula is C29H28N6O3S. The Morgan fingerprint density at radius 2 is 1.51 bits per heavy atom. The molecule has 5 rings (SSSR count). The van der Waals surface area contributed by atoms with Crippen LogP contribution in [0.2, 0.25) is 0 Å². The molecule has 0 radical (unpaired) electrons. The van der Waals surface area contributed by atoms with Gasteiger partial charge in [-0.3, -0.25) is 9.52 Å². The zero-order chi connectivity index (χ0) is 27.7. The molecular weight excluding hydrogens is 512 g/mol. The van der Waals surface area contributed by atoms with Crippen LogP contribution in [0.4, 0.5) is 23.0 Å². The summed E-state index contributed by atoms with van der Waals surface area (Å²) in [7, 11) is -3.77. The van der Waals surface area contributed by atoms with Crippen LogP contribution in [0.1, 0.15) is 23.6 Å². The summed E-state index contributed by atoms with van der Waals surface area (Å²) in [6.07, 6.45) is 1.80. The molecule has 0 aliphatic rings. The van der Waals surface area contributed by atoms with Gasteiger partial charge in [0.25, 0.3) is 10.0 Å². The van der Waals surface area contributed by atoms with Crippen LogP contribution in [0.5, 0.6) is 0 Å². The van der Waals surface area contributed by atoms with Crippen molar-refractivity contribution in [3.8, 4) is 11.1 Å². The maximum Gasteiger partial charge on any atom is 0.261 e. The van der Waals surface area contributed by atoms with Crippen LogP contribution < -0.4 is 15.4 Å². The summed E-state index contributed by atoms with van der Waals surface area (Å²) in [5, 5.41) is 10.4. The van der Waals surface area contributed by atoms with Crippen LogP contribution in [-0.2, 0) is 14.8 Å². The normalized spacial score (nSPS) is 11.4. The van der Waals surface area contributed by atoms with E-state index in [9.17, 15) is 13.2 Å². The highest BCUT2D eigenvalue weighted by Gasteiger charge is 2.18. The number of nitrogens with one attached hydrogen (secondary N) is 3. The molecule has 0 aliphatic heterocycles. The van der Waals surface area contributed by atoms with E-state index in [2.05, 4.69) is 25.4 Å². The number of sulfonamides is 1. The maximum absolute atomic E-state index is 13.1. The van der Waals surface area contributed by atoms with E-state index in [0.29, 0.717) is 23.0 Å². The molecule has 0 fully saturated rings. The Labute approximate surface area is 227 Å². The molecule has 0 saturated heterocycles. The third-order valence-electron chi connectivity index (χ3n) is 6.21. The summed E-state index contributed by atoms with van der Waals surface area (Å²) < 4.78 is 30.7. The SMILES string of the molecule is CC(=O)Nc1ccc(Nc2nc3c(-c4ccc(S(=O)(=O)Nc5c(C)cc(C)cc5C)cc4)cccn3n2)cc1. The largest absolute Gasteiger partial charge is 0.326 e. The lowest BCUT2D eigenvalue weighted by Gasteiger charge is -2.14. The first kappa shape index (κ1) is 25.9. The minimum Gasteiger partial charge on any atom is -0.326 e. The van der Waals surface area contributed by atoms with E-state index in [1.54, 1.807) is 47.1 Å². The number of hydrogen-bond acceptors (Lipinski definition) is 6. The van der Waals surface area contributed by atoms with Gasteiger partial charge in [-0.05, 0) is 86.0 Å². The van der Waals surface area contributed by atoms with Crippen molar-refractivity contribution in [2.24, 2.45) is 0 Å². The zero-order valence-electron chi connectivity index (χ0n) is 22.0. The average molecular weight is 541 g/mol. The van der Waals surface area contributed by atoms with E-state index >= 15 is 0 Å². The molecule has 3 N–H and O–H groups in total. The predicted molar refractivity (Wildman–Crippen MR) is 154 cm³/mol. The second kappa shape index (κ2) is 10.2. The number of aryl methyl sites for hydroxylation is 3. The van der Waals surface area contributed by atoms with Gasteiger partial charge in [-0.2, -0.15) is 4.98 Å². The van der Waals surface area contributed by atoms with Gasteiger partial charge in [-0.1, -0.05) is 29.8 Å². The summed E-state index contributed by atoms with van der Waals surface area (Å²) >= 11 is 0. The molecule has 0 bridgehead atoms. The Bertz CT molecular complexity index is 1770. The number of hydrogen-bond donors (Lipinski definition) is 3. The third kappa shape index (κ3) is 5.60. The van der Waals surface area contributed by atoms with E-state index < -0.39 is 10.0 Å². The number of amides is 1. The molecule has 0 atom stereocenters. The third-order valence-corrected chi connectivity index (χ3v) is 7.58. The fraction of sp³-hybridized carbons (Fsp3) is 0.138. The van der Waals surface area contributed by atoms with Crippen molar-refractivity contribution in [3.63, 3.8) is 0 Å². The van der Waals surface area contributed by atoms with Crippen molar-refractivity contribution in [1.82, 2.24) is 14.6 Å². The summed E-state index contributed by atoms with van der Waals surface area (Å²) in [6, 6.07) is 21.6. The Balaban J connectivity index is 1.39. The molecule has 2 heterocycles.